The van der Waals surface area contributed by atoms with Gasteiger partial charge in [-0.15, -0.1) is 0 Å². The Hall–Kier alpha value is -3.21. The fourth-order valence-electron chi connectivity index (χ4n) is 3.46. The molecule has 2 N–H and O–H groups in total. The van der Waals surface area contributed by atoms with Crippen molar-refractivity contribution in [2.45, 2.75) is 25.3 Å². The third-order valence-corrected chi connectivity index (χ3v) is 4.78. The Kier molecular flexibility index (Phi) is 4.35. The van der Waals surface area contributed by atoms with Crippen LogP contribution in [0.3, 0.4) is 0 Å². The van der Waals surface area contributed by atoms with Crippen LogP contribution in [-0.2, 0) is 11.3 Å². The topological polar surface area (TPSA) is 74.8 Å². The van der Waals surface area contributed by atoms with E-state index in [0.29, 0.717) is 24.9 Å². The molecule has 5 heteroatoms. The summed E-state index contributed by atoms with van der Waals surface area (Å²) < 4.78 is 0. The maximum Gasteiger partial charge on any atom is 0.227 e. The first-order valence-electron chi connectivity index (χ1n) is 8.71. The summed E-state index contributed by atoms with van der Waals surface area (Å²) in [6, 6.07) is 15.3. The van der Waals surface area contributed by atoms with Crippen LogP contribution in [0.15, 0.2) is 60.9 Å². The molecule has 0 unspecified atom stereocenters. The average Bonchev–Trinajstić information content (AvgIpc) is 3.22. The normalized spacial score (nSPS) is 16.2. The number of ketones is 1. The van der Waals surface area contributed by atoms with E-state index in [1.165, 1.54) is 0 Å². The van der Waals surface area contributed by atoms with E-state index in [-0.39, 0.29) is 17.6 Å². The number of fused-ring (bicyclic) bond motifs is 1. The average molecular weight is 345 g/mol. The number of imidazole rings is 1. The summed E-state index contributed by atoms with van der Waals surface area (Å²) in [6.07, 6.45) is 4.48. The number of carbonyl (C=O) groups is 2. The molecule has 3 aromatic rings. The largest absolute Gasteiger partial charge is 0.351 e. The Morgan fingerprint density at radius 2 is 2.08 bits per heavy atom. The zero-order valence-corrected chi connectivity index (χ0v) is 14.2. The number of nitrogens with zero attached hydrogens (tertiary/aromatic N) is 1. The van der Waals surface area contributed by atoms with Crippen LogP contribution < -0.4 is 5.32 Å². The number of carbonyl (C=O) groups excluding carboxylic acids is 2. The minimum absolute atomic E-state index is 0.0339. The number of aromatic amines is 1. The first kappa shape index (κ1) is 16.3. The number of H-pyrrole nitrogens is 1. The number of hydrogen-bond acceptors (Lipinski definition) is 3. The van der Waals surface area contributed by atoms with E-state index in [4.69, 9.17) is 0 Å². The first-order valence-corrected chi connectivity index (χ1v) is 8.71. The molecule has 0 saturated carbocycles. The van der Waals surface area contributed by atoms with Gasteiger partial charge >= 0.3 is 0 Å². The molecule has 26 heavy (non-hydrogen) atoms. The molecule has 4 rings (SSSR count). The van der Waals surface area contributed by atoms with Gasteiger partial charge in [-0.25, -0.2) is 4.98 Å². The smallest absolute Gasteiger partial charge is 0.227 e. The highest BCUT2D eigenvalue weighted by Crippen LogP contribution is 2.31. The molecular weight excluding hydrogens is 326 g/mol. The van der Waals surface area contributed by atoms with Gasteiger partial charge in [0.15, 0.2) is 5.78 Å². The predicted octanol–water partition coefficient (Wildman–Crippen LogP) is 3.45. The number of aromatic nitrogens is 2. The summed E-state index contributed by atoms with van der Waals surface area (Å²) in [5.74, 6) is 0.624. The lowest BCUT2D eigenvalue weighted by molar-refractivity contribution is -0.122. The molecule has 5 nitrogen and oxygen atoms in total. The van der Waals surface area contributed by atoms with Crippen molar-refractivity contribution < 1.29 is 9.59 Å². The standard InChI is InChI=1S/C21H19N3O2/c25-19-9-8-18(16-6-1-2-7-17(16)19)21(26)24-13-14-4-3-5-15(12-14)20-22-10-11-23-20/h1-7,10-12,18H,8-9,13H2,(H,22,23)(H,24,26)/t18-/m0/s1. The molecule has 0 spiro atoms. The van der Waals surface area contributed by atoms with Gasteiger partial charge in [-0.2, -0.15) is 0 Å². The molecule has 2 aromatic carbocycles. The lowest BCUT2D eigenvalue weighted by atomic mass is 9.81. The van der Waals surface area contributed by atoms with Crippen LogP contribution in [0.2, 0.25) is 0 Å². The summed E-state index contributed by atoms with van der Waals surface area (Å²) in [6.45, 7) is 0.444. The van der Waals surface area contributed by atoms with Gasteiger partial charge in [0, 0.05) is 36.5 Å². The summed E-state index contributed by atoms with van der Waals surface area (Å²) in [4.78, 5) is 32.1. The molecule has 1 aromatic heterocycles. The molecule has 0 bridgehead atoms. The van der Waals surface area contributed by atoms with Gasteiger partial charge in [0.05, 0.1) is 5.92 Å². The van der Waals surface area contributed by atoms with Gasteiger partial charge in [-0.05, 0) is 23.6 Å². The monoisotopic (exact) mass is 345 g/mol. The maximum absolute atomic E-state index is 12.7. The Labute approximate surface area is 151 Å². The van der Waals surface area contributed by atoms with E-state index in [2.05, 4.69) is 15.3 Å². The van der Waals surface area contributed by atoms with E-state index < -0.39 is 0 Å². The molecular formula is C21H19N3O2. The molecule has 1 amide bonds. The third kappa shape index (κ3) is 3.16. The van der Waals surface area contributed by atoms with Crippen LogP contribution in [-0.4, -0.2) is 21.7 Å². The Morgan fingerprint density at radius 1 is 1.19 bits per heavy atom. The first-order chi connectivity index (χ1) is 12.7. The number of hydrogen-bond donors (Lipinski definition) is 2. The molecule has 1 heterocycles. The Bertz CT molecular complexity index is 947. The fourth-order valence-corrected chi connectivity index (χ4v) is 3.46. The van der Waals surface area contributed by atoms with Gasteiger partial charge in [0.2, 0.25) is 5.91 Å². The van der Waals surface area contributed by atoms with Crippen molar-refractivity contribution in [2.75, 3.05) is 0 Å². The van der Waals surface area contributed by atoms with Crippen LogP contribution in [0.4, 0.5) is 0 Å². The van der Waals surface area contributed by atoms with Gasteiger partial charge in [0.1, 0.15) is 5.82 Å². The maximum atomic E-state index is 12.7. The van der Waals surface area contributed by atoms with Crippen molar-refractivity contribution in [3.8, 4) is 11.4 Å². The van der Waals surface area contributed by atoms with E-state index in [1.807, 2.05) is 48.5 Å². The number of nitrogens with one attached hydrogen (secondary N) is 2. The van der Waals surface area contributed by atoms with E-state index in [0.717, 1.165) is 22.5 Å². The van der Waals surface area contributed by atoms with Crippen LogP contribution in [0.25, 0.3) is 11.4 Å². The minimum Gasteiger partial charge on any atom is -0.351 e. The number of Topliss-reactive ketones (excluding diaryl/α,β-unsaturated/α-hetero) is 1. The zero-order valence-electron chi connectivity index (χ0n) is 14.2. The summed E-state index contributed by atoms with van der Waals surface area (Å²) in [7, 11) is 0. The van der Waals surface area contributed by atoms with Crippen LogP contribution in [0.5, 0.6) is 0 Å². The van der Waals surface area contributed by atoms with Gasteiger partial charge in [0.25, 0.3) is 0 Å². The van der Waals surface area contributed by atoms with Crippen LogP contribution in [0, 0.1) is 0 Å². The number of rotatable bonds is 4. The molecule has 0 saturated heterocycles. The predicted molar refractivity (Wildman–Crippen MR) is 98.6 cm³/mol. The SMILES string of the molecule is O=C1CC[C@H](C(=O)NCc2cccc(-c3ncc[nH]3)c2)c2ccccc21. The lowest BCUT2D eigenvalue weighted by Gasteiger charge is -2.23. The van der Waals surface area contributed by atoms with Crippen molar-refractivity contribution in [1.29, 1.82) is 0 Å². The molecule has 1 atom stereocenters. The Morgan fingerprint density at radius 3 is 2.92 bits per heavy atom. The quantitative estimate of drug-likeness (QED) is 0.760. The molecule has 0 radical (unpaired) electrons. The molecule has 1 aliphatic rings. The van der Waals surface area contributed by atoms with Crippen LogP contribution >= 0.6 is 0 Å². The highest BCUT2D eigenvalue weighted by Gasteiger charge is 2.29. The van der Waals surface area contributed by atoms with Crippen molar-refractivity contribution in [1.82, 2.24) is 15.3 Å². The minimum atomic E-state index is -0.267. The van der Waals surface area contributed by atoms with Gasteiger partial charge in [-0.1, -0.05) is 42.5 Å². The zero-order chi connectivity index (χ0) is 17.9. The van der Waals surface area contributed by atoms with Crippen LogP contribution in [0.1, 0.15) is 40.2 Å². The molecule has 0 fully saturated rings. The van der Waals surface area contributed by atoms with Gasteiger partial charge in [-0.3, -0.25) is 9.59 Å². The number of amides is 1. The van der Waals surface area contributed by atoms with Crippen molar-refractivity contribution in [3.63, 3.8) is 0 Å². The summed E-state index contributed by atoms with van der Waals surface area (Å²) in [5.41, 5.74) is 3.51. The van der Waals surface area contributed by atoms with Crippen molar-refractivity contribution in [2.24, 2.45) is 0 Å². The van der Waals surface area contributed by atoms with E-state index in [1.54, 1.807) is 12.4 Å². The van der Waals surface area contributed by atoms with Gasteiger partial charge < -0.3 is 10.3 Å². The van der Waals surface area contributed by atoms with E-state index in [9.17, 15) is 9.59 Å². The lowest BCUT2D eigenvalue weighted by Crippen LogP contribution is -2.32. The van der Waals surface area contributed by atoms with Crippen molar-refractivity contribution in [3.05, 3.63) is 77.6 Å². The summed E-state index contributed by atoms with van der Waals surface area (Å²) >= 11 is 0. The molecule has 0 aliphatic heterocycles. The number of benzene rings is 2. The fraction of sp³-hybridized carbons (Fsp3) is 0.190. The molecule has 130 valence electrons. The molecule has 1 aliphatic carbocycles. The third-order valence-electron chi connectivity index (χ3n) is 4.78. The highest BCUT2D eigenvalue weighted by molar-refractivity contribution is 6.01. The second-order valence-corrected chi connectivity index (χ2v) is 6.46. The van der Waals surface area contributed by atoms with Crippen molar-refractivity contribution >= 4 is 11.7 Å². The Balaban J connectivity index is 1.47. The highest BCUT2D eigenvalue weighted by atomic mass is 16.2. The second kappa shape index (κ2) is 6.96. The van der Waals surface area contributed by atoms with E-state index >= 15 is 0 Å². The second-order valence-electron chi connectivity index (χ2n) is 6.46. The summed E-state index contributed by atoms with van der Waals surface area (Å²) in [5, 5.41) is 3.02.